The highest BCUT2D eigenvalue weighted by Crippen LogP contribution is 2.28. The number of unbranched alkanes of at least 4 members (excludes halogenated alkanes) is 2. The molecule has 3 atom stereocenters. The van der Waals surface area contributed by atoms with Gasteiger partial charge in [-0.05, 0) is 50.6 Å². The number of nitrogens with zero attached hydrogens (tertiary/aromatic N) is 1. The molecule has 1 saturated heterocycles. The average Bonchev–Trinajstić information content (AvgIpc) is 2.43. The van der Waals surface area contributed by atoms with Crippen molar-refractivity contribution in [2.75, 3.05) is 20.1 Å². The number of likely N-dealkylation sites (tertiary alicyclic amines) is 1. The Hall–Kier alpha value is -0.0400. The van der Waals surface area contributed by atoms with E-state index in [2.05, 4.69) is 32.7 Å². The molecule has 0 aromatic rings. The molecule has 2 rings (SSSR count). The predicted octanol–water partition coefficient (Wildman–Crippen LogP) is 5.74. The first-order valence-electron chi connectivity index (χ1n) is 9.32. The van der Waals surface area contributed by atoms with E-state index in [0.29, 0.717) is 0 Å². The number of piperidine rings is 1. The van der Waals surface area contributed by atoms with Crippen molar-refractivity contribution in [2.24, 2.45) is 17.8 Å². The SMILES string of the molecule is CC1CCCCC1C.CCCCCC1CCCN(C)C1. The molecular formula is C19H39N. The molecule has 1 heterocycles. The van der Waals surface area contributed by atoms with Crippen LogP contribution < -0.4 is 0 Å². The molecule has 2 aliphatic rings. The summed E-state index contributed by atoms with van der Waals surface area (Å²) in [5, 5.41) is 0. The molecule has 120 valence electrons. The van der Waals surface area contributed by atoms with E-state index < -0.39 is 0 Å². The third-order valence-corrected chi connectivity index (χ3v) is 5.48. The van der Waals surface area contributed by atoms with E-state index >= 15 is 0 Å². The highest BCUT2D eigenvalue weighted by atomic mass is 15.1. The van der Waals surface area contributed by atoms with Gasteiger partial charge in [-0.1, -0.05) is 65.7 Å². The van der Waals surface area contributed by atoms with Crippen LogP contribution in [0.3, 0.4) is 0 Å². The van der Waals surface area contributed by atoms with Crippen LogP contribution in [0, 0.1) is 17.8 Å². The Morgan fingerprint density at radius 1 is 0.900 bits per heavy atom. The van der Waals surface area contributed by atoms with Gasteiger partial charge in [0.15, 0.2) is 0 Å². The fourth-order valence-electron chi connectivity index (χ4n) is 3.69. The smallest absolute Gasteiger partial charge is 0.000661 e. The van der Waals surface area contributed by atoms with Crippen molar-refractivity contribution in [2.45, 2.75) is 85.0 Å². The van der Waals surface area contributed by atoms with Gasteiger partial charge in [-0.25, -0.2) is 0 Å². The van der Waals surface area contributed by atoms with Crippen LogP contribution >= 0.6 is 0 Å². The molecule has 1 aliphatic heterocycles. The molecule has 3 unspecified atom stereocenters. The second kappa shape index (κ2) is 10.7. The van der Waals surface area contributed by atoms with E-state index in [1.165, 1.54) is 77.3 Å². The zero-order chi connectivity index (χ0) is 14.8. The maximum absolute atomic E-state index is 2.49. The van der Waals surface area contributed by atoms with E-state index in [-0.39, 0.29) is 0 Å². The highest BCUT2D eigenvalue weighted by Gasteiger charge is 2.16. The Kier molecular flexibility index (Phi) is 9.59. The second-order valence-corrected chi connectivity index (χ2v) is 7.51. The topological polar surface area (TPSA) is 3.24 Å². The van der Waals surface area contributed by atoms with Crippen molar-refractivity contribution >= 4 is 0 Å². The molecule has 0 amide bonds. The molecule has 1 heteroatoms. The molecule has 0 spiro atoms. The van der Waals surface area contributed by atoms with Crippen LogP contribution in [0.4, 0.5) is 0 Å². The molecule has 0 bridgehead atoms. The van der Waals surface area contributed by atoms with Gasteiger partial charge in [-0.15, -0.1) is 0 Å². The second-order valence-electron chi connectivity index (χ2n) is 7.51. The first-order chi connectivity index (χ1) is 9.63. The summed E-state index contributed by atoms with van der Waals surface area (Å²) < 4.78 is 0. The largest absolute Gasteiger partial charge is 0.306 e. The summed E-state index contributed by atoms with van der Waals surface area (Å²) in [6.07, 6.45) is 14.5. The van der Waals surface area contributed by atoms with Crippen LogP contribution in [0.5, 0.6) is 0 Å². The van der Waals surface area contributed by atoms with Gasteiger partial charge in [0.25, 0.3) is 0 Å². The third kappa shape index (κ3) is 7.67. The quantitative estimate of drug-likeness (QED) is 0.594. The van der Waals surface area contributed by atoms with Gasteiger partial charge < -0.3 is 4.90 Å². The lowest BCUT2D eigenvalue weighted by Crippen LogP contribution is -2.31. The number of hydrogen-bond donors (Lipinski definition) is 0. The van der Waals surface area contributed by atoms with Crippen molar-refractivity contribution in [3.05, 3.63) is 0 Å². The van der Waals surface area contributed by atoms with Crippen LogP contribution in [0.2, 0.25) is 0 Å². The van der Waals surface area contributed by atoms with Crippen molar-refractivity contribution < 1.29 is 0 Å². The summed E-state index contributed by atoms with van der Waals surface area (Å²) >= 11 is 0. The lowest BCUT2D eigenvalue weighted by molar-refractivity contribution is 0.199. The molecule has 0 aromatic heterocycles. The molecule has 0 N–H and O–H groups in total. The van der Waals surface area contributed by atoms with E-state index in [0.717, 1.165) is 17.8 Å². The summed E-state index contributed by atoms with van der Waals surface area (Å²) in [6.45, 7) is 9.72. The molecule has 1 saturated carbocycles. The predicted molar refractivity (Wildman–Crippen MR) is 91.2 cm³/mol. The maximum Gasteiger partial charge on any atom is 0.000661 e. The minimum Gasteiger partial charge on any atom is -0.306 e. The summed E-state index contributed by atoms with van der Waals surface area (Å²) in [7, 11) is 2.26. The zero-order valence-corrected chi connectivity index (χ0v) is 14.7. The van der Waals surface area contributed by atoms with E-state index in [1.807, 2.05) is 0 Å². The van der Waals surface area contributed by atoms with Crippen molar-refractivity contribution in [1.29, 1.82) is 0 Å². The first kappa shape index (κ1) is 18.0. The van der Waals surface area contributed by atoms with Crippen LogP contribution in [-0.4, -0.2) is 25.0 Å². The fraction of sp³-hybridized carbons (Fsp3) is 1.00. The molecule has 20 heavy (non-hydrogen) atoms. The first-order valence-corrected chi connectivity index (χ1v) is 9.32. The van der Waals surface area contributed by atoms with Crippen LogP contribution in [-0.2, 0) is 0 Å². The summed E-state index contributed by atoms with van der Waals surface area (Å²) in [5.41, 5.74) is 0. The third-order valence-electron chi connectivity index (χ3n) is 5.48. The summed E-state index contributed by atoms with van der Waals surface area (Å²) in [4.78, 5) is 2.49. The van der Waals surface area contributed by atoms with Crippen LogP contribution in [0.25, 0.3) is 0 Å². The Morgan fingerprint density at radius 2 is 1.55 bits per heavy atom. The van der Waals surface area contributed by atoms with E-state index in [1.54, 1.807) is 0 Å². The monoisotopic (exact) mass is 281 g/mol. The van der Waals surface area contributed by atoms with E-state index in [4.69, 9.17) is 0 Å². The van der Waals surface area contributed by atoms with E-state index in [9.17, 15) is 0 Å². The number of hydrogen-bond acceptors (Lipinski definition) is 1. The Balaban J connectivity index is 0.000000217. The van der Waals surface area contributed by atoms with Crippen molar-refractivity contribution in [1.82, 2.24) is 4.90 Å². The lowest BCUT2D eigenvalue weighted by Gasteiger charge is -2.29. The maximum atomic E-state index is 2.49. The minimum atomic E-state index is 1.00. The Morgan fingerprint density at radius 3 is 2.05 bits per heavy atom. The van der Waals surface area contributed by atoms with Gasteiger partial charge in [-0.3, -0.25) is 0 Å². The summed E-state index contributed by atoms with van der Waals surface area (Å²) in [6, 6.07) is 0. The molecule has 1 aliphatic carbocycles. The minimum absolute atomic E-state index is 1.00. The lowest BCUT2D eigenvalue weighted by atomic mass is 9.82. The van der Waals surface area contributed by atoms with Gasteiger partial charge in [0.05, 0.1) is 0 Å². The standard InChI is InChI=1S/C11H23N.C8H16/c1-3-4-5-7-11-8-6-9-12(2)10-11;1-7-5-3-4-6-8(7)2/h11H,3-10H2,1-2H3;7-8H,3-6H2,1-2H3. The highest BCUT2D eigenvalue weighted by molar-refractivity contribution is 4.70. The molecule has 0 aromatic carbocycles. The molecule has 0 radical (unpaired) electrons. The van der Waals surface area contributed by atoms with Gasteiger partial charge in [0, 0.05) is 6.54 Å². The van der Waals surface area contributed by atoms with Crippen LogP contribution in [0.15, 0.2) is 0 Å². The van der Waals surface area contributed by atoms with Crippen molar-refractivity contribution in [3.8, 4) is 0 Å². The van der Waals surface area contributed by atoms with Gasteiger partial charge in [0.1, 0.15) is 0 Å². The number of rotatable bonds is 4. The van der Waals surface area contributed by atoms with Crippen LogP contribution in [0.1, 0.15) is 85.0 Å². The Bertz CT molecular complexity index is 216. The average molecular weight is 282 g/mol. The van der Waals surface area contributed by atoms with Gasteiger partial charge >= 0.3 is 0 Å². The molecular weight excluding hydrogens is 242 g/mol. The zero-order valence-electron chi connectivity index (χ0n) is 14.7. The van der Waals surface area contributed by atoms with Gasteiger partial charge in [-0.2, -0.15) is 0 Å². The Labute approximate surface area is 128 Å². The fourth-order valence-corrected chi connectivity index (χ4v) is 3.69. The molecule has 2 fully saturated rings. The van der Waals surface area contributed by atoms with Gasteiger partial charge in [0.2, 0.25) is 0 Å². The van der Waals surface area contributed by atoms with Crippen molar-refractivity contribution in [3.63, 3.8) is 0 Å². The normalized spacial score (nSPS) is 31.5. The summed E-state index contributed by atoms with van der Waals surface area (Å²) in [5.74, 6) is 3.02. The molecule has 1 nitrogen and oxygen atoms in total.